The number of anilines is 3. The number of hydrogen-bond donors (Lipinski definition) is 0. The Labute approximate surface area is 199 Å². The number of hydrogen-bond acceptors (Lipinski definition) is 6. The van der Waals surface area contributed by atoms with Crippen LogP contribution >= 0.6 is 0 Å². The zero-order valence-corrected chi connectivity index (χ0v) is 19.6. The van der Waals surface area contributed by atoms with E-state index in [1.165, 1.54) is 16.5 Å². The third-order valence-electron chi connectivity index (χ3n) is 7.59. The van der Waals surface area contributed by atoms with Gasteiger partial charge in [0, 0.05) is 37.4 Å². The zero-order chi connectivity index (χ0) is 24.0. The van der Waals surface area contributed by atoms with Crippen molar-refractivity contribution >= 4 is 34.6 Å². The first kappa shape index (κ1) is 22.4. The van der Waals surface area contributed by atoms with E-state index in [-0.39, 0.29) is 35.4 Å². The van der Waals surface area contributed by atoms with Crippen LogP contribution in [0.25, 0.3) is 0 Å². The molecule has 0 unspecified atom stereocenters. The summed E-state index contributed by atoms with van der Waals surface area (Å²) in [5, 5.41) is 12.0. The summed E-state index contributed by atoms with van der Waals surface area (Å²) in [6.45, 7) is 6.21. The number of carbonyl (C=O) groups is 2. The van der Waals surface area contributed by atoms with Crippen molar-refractivity contribution < 1.29 is 14.5 Å². The molecule has 178 valence electrons. The van der Waals surface area contributed by atoms with Crippen LogP contribution in [0.3, 0.4) is 0 Å². The number of piperazine rings is 1. The van der Waals surface area contributed by atoms with Crippen molar-refractivity contribution in [3.05, 3.63) is 58.1 Å². The Hall–Kier alpha value is -3.42. The van der Waals surface area contributed by atoms with Gasteiger partial charge in [0.2, 0.25) is 11.8 Å². The molecule has 3 fully saturated rings. The molecule has 3 atom stereocenters. The minimum atomic E-state index is -0.409. The van der Waals surface area contributed by atoms with Gasteiger partial charge in [-0.2, -0.15) is 0 Å². The summed E-state index contributed by atoms with van der Waals surface area (Å²) < 4.78 is 0. The Morgan fingerprint density at radius 2 is 1.53 bits per heavy atom. The van der Waals surface area contributed by atoms with Crippen LogP contribution in [0.15, 0.2) is 42.5 Å². The smallest absolute Gasteiger partial charge is 0.294 e. The van der Waals surface area contributed by atoms with Gasteiger partial charge in [-0.15, -0.1) is 0 Å². The SMILES string of the molecule is Cc1ccc(N2CCN(c3ccc(N4C(=O)[C@H]5CCCC[C@H]5C4=O)cc3[N+](=O)[O-])C[C@@H]2C)cc1. The summed E-state index contributed by atoms with van der Waals surface area (Å²) in [5.74, 6) is -0.986. The van der Waals surface area contributed by atoms with E-state index in [0.717, 1.165) is 37.9 Å². The van der Waals surface area contributed by atoms with Crippen LogP contribution in [0, 0.1) is 28.9 Å². The van der Waals surface area contributed by atoms with Gasteiger partial charge in [-0.1, -0.05) is 30.5 Å². The van der Waals surface area contributed by atoms with Crippen LogP contribution < -0.4 is 14.7 Å². The Morgan fingerprint density at radius 1 is 0.912 bits per heavy atom. The van der Waals surface area contributed by atoms with Gasteiger partial charge in [-0.05, 0) is 51.0 Å². The number of nitrogens with zero attached hydrogens (tertiary/aromatic N) is 4. The highest BCUT2D eigenvalue weighted by Gasteiger charge is 2.49. The summed E-state index contributed by atoms with van der Waals surface area (Å²) in [6, 6.07) is 13.4. The summed E-state index contributed by atoms with van der Waals surface area (Å²) in [4.78, 5) is 43.1. The van der Waals surface area contributed by atoms with Gasteiger partial charge < -0.3 is 9.80 Å². The summed E-state index contributed by atoms with van der Waals surface area (Å²) in [6.07, 6.45) is 3.32. The number of carbonyl (C=O) groups excluding carboxylic acids is 2. The Balaban J connectivity index is 1.39. The molecule has 8 heteroatoms. The lowest BCUT2D eigenvalue weighted by atomic mass is 9.81. The second kappa shape index (κ2) is 8.74. The monoisotopic (exact) mass is 462 g/mol. The molecular weight excluding hydrogens is 432 g/mol. The second-order valence-corrected chi connectivity index (χ2v) is 9.76. The van der Waals surface area contributed by atoms with Crippen molar-refractivity contribution in [3.63, 3.8) is 0 Å². The molecule has 1 aliphatic carbocycles. The summed E-state index contributed by atoms with van der Waals surface area (Å²) in [5.41, 5.74) is 3.13. The lowest BCUT2D eigenvalue weighted by molar-refractivity contribution is -0.384. The average molecular weight is 463 g/mol. The molecule has 0 bridgehead atoms. The zero-order valence-electron chi connectivity index (χ0n) is 19.6. The molecule has 0 N–H and O–H groups in total. The molecule has 2 aromatic carbocycles. The van der Waals surface area contributed by atoms with Crippen LogP contribution in [0.2, 0.25) is 0 Å². The first-order chi connectivity index (χ1) is 16.3. The first-order valence-electron chi connectivity index (χ1n) is 12.1. The van der Waals surface area contributed by atoms with E-state index in [9.17, 15) is 19.7 Å². The lowest BCUT2D eigenvalue weighted by Gasteiger charge is -2.42. The van der Waals surface area contributed by atoms with Gasteiger partial charge in [0.05, 0.1) is 22.4 Å². The minimum absolute atomic E-state index is 0.0658. The lowest BCUT2D eigenvalue weighted by Crippen LogP contribution is -2.52. The number of rotatable bonds is 4. The number of nitro groups is 1. The molecule has 0 spiro atoms. The molecule has 1 saturated carbocycles. The van der Waals surface area contributed by atoms with Crippen LogP contribution in [-0.4, -0.2) is 42.4 Å². The molecule has 3 aliphatic rings. The highest BCUT2D eigenvalue weighted by molar-refractivity contribution is 6.22. The normalized spacial score (nSPS) is 25.0. The van der Waals surface area contributed by atoms with Crippen molar-refractivity contribution in [1.29, 1.82) is 0 Å². The number of nitro benzene ring substituents is 1. The third kappa shape index (κ3) is 3.81. The number of fused-ring (bicyclic) bond motifs is 1. The molecule has 0 radical (unpaired) electrons. The van der Waals surface area contributed by atoms with Crippen LogP contribution in [-0.2, 0) is 9.59 Å². The van der Waals surface area contributed by atoms with Crippen molar-refractivity contribution in [2.24, 2.45) is 11.8 Å². The van der Waals surface area contributed by atoms with Crippen LogP contribution in [0.4, 0.5) is 22.7 Å². The fourth-order valence-corrected chi connectivity index (χ4v) is 5.78. The average Bonchev–Trinajstić information content (AvgIpc) is 3.09. The van der Waals surface area contributed by atoms with Gasteiger partial charge in [-0.25, -0.2) is 4.90 Å². The van der Waals surface area contributed by atoms with E-state index in [4.69, 9.17) is 0 Å². The van der Waals surface area contributed by atoms with Crippen LogP contribution in [0.1, 0.15) is 38.2 Å². The Kier molecular flexibility index (Phi) is 5.75. The fraction of sp³-hybridized carbons (Fsp3) is 0.462. The number of imide groups is 1. The quantitative estimate of drug-likeness (QED) is 0.383. The summed E-state index contributed by atoms with van der Waals surface area (Å²) >= 11 is 0. The number of benzene rings is 2. The van der Waals surface area contributed by atoms with Gasteiger partial charge in [0.15, 0.2) is 0 Å². The fourth-order valence-electron chi connectivity index (χ4n) is 5.78. The van der Waals surface area contributed by atoms with E-state index in [1.54, 1.807) is 12.1 Å². The van der Waals surface area contributed by atoms with Gasteiger partial charge in [0.1, 0.15) is 5.69 Å². The molecule has 8 nitrogen and oxygen atoms in total. The Bertz CT molecular complexity index is 1110. The van der Waals surface area contributed by atoms with E-state index < -0.39 is 4.92 Å². The van der Waals surface area contributed by atoms with E-state index >= 15 is 0 Å². The molecule has 0 aromatic heterocycles. The Morgan fingerprint density at radius 3 is 2.12 bits per heavy atom. The maximum atomic E-state index is 13.0. The highest BCUT2D eigenvalue weighted by atomic mass is 16.6. The molecule has 2 aromatic rings. The van der Waals surface area contributed by atoms with Crippen molar-refractivity contribution in [2.75, 3.05) is 34.3 Å². The number of aryl methyl sites for hydroxylation is 1. The third-order valence-corrected chi connectivity index (χ3v) is 7.59. The molecule has 34 heavy (non-hydrogen) atoms. The summed E-state index contributed by atoms with van der Waals surface area (Å²) in [7, 11) is 0. The maximum Gasteiger partial charge on any atom is 0.294 e. The first-order valence-corrected chi connectivity index (χ1v) is 12.1. The molecule has 2 aliphatic heterocycles. The van der Waals surface area contributed by atoms with Gasteiger partial charge >= 0.3 is 0 Å². The van der Waals surface area contributed by atoms with Gasteiger partial charge in [-0.3, -0.25) is 19.7 Å². The second-order valence-electron chi connectivity index (χ2n) is 9.76. The minimum Gasteiger partial charge on any atom is -0.365 e. The molecular formula is C26H30N4O4. The van der Waals surface area contributed by atoms with E-state index in [0.29, 0.717) is 24.5 Å². The van der Waals surface area contributed by atoms with Crippen LogP contribution in [0.5, 0.6) is 0 Å². The highest BCUT2D eigenvalue weighted by Crippen LogP contribution is 2.42. The van der Waals surface area contributed by atoms with E-state index in [1.807, 2.05) is 4.90 Å². The van der Waals surface area contributed by atoms with E-state index in [2.05, 4.69) is 43.0 Å². The number of amides is 2. The van der Waals surface area contributed by atoms with Gasteiger partial charge in [0.25, 0.3) is 5.69 Å². The standard InChI is InChI=1S/C26H30N4O4/c1-17-7-9-19(10-8-17)28-14-13-27(16-18(28)2)23-12-11-20(15-24(23)30(33)34)29-25(31)21-5-3-4-6-22(21)26(29)32/h7-12,15,18,21-22H,3-6,13-14,16H2,1-2H3/t18-,21-,22+/m0/s1. The largest absolute Gasteiger partial charge is 0.365 e. The molecule has 2 saturated heterocycles. The van der Waals surface area contributed by atoms with Crippen molar-refractivity contribution in [1.82, 2.24) is 0 Å². The predicted octanol–water partition coefficient (Wildman–Crippen LogP) is 4.30. The van der Waals surface area contributed by atoms with Crippen molar-refractivity contribution in [3.8, 4) is 0 Å². The molecule has 2 amide bonds. The molecule has 2 heterocycles. The molecule has 5 rings (SSSR count). The van der Waals surface area contributed by atoms with Crippen molar-refractivity contribution in [2.45, 2.75) is 45.6 Å². The topological polar surface area (TPSA) is 87.0 Å². The maximum absolute atomic E-state index is 13.0. The predicted molar refractivity (Wildman–Crippen MR) is 131 cm³/mol.